The maximum Gasteiger partial charge on any atom is 0.0986 e. The molecule has 134 valence electrons. The largest absolute Gasteiger partial charge is 0.393 e. The Balaban J connectivity index is 1.64. The van der Waals surface area contributed by atoms with Gasteiger partial charge in [-0.1, -0.05) is 31.6 Å². The second-order valence-corrected chi connectivity index (χ2v) is 9.21. The average molecular weight is 332 g/mol. The summed E-state index contributed by atoms with van der Waals surface area (Å²) in [6.45, 7) is 4.59. The third-order valence-corrected chi connectivity index (χ3v) is 8.25. The molecule has 0 amide bonds. The fraction of sp³-hybridized carbons (Fsp3) is 0.810. The molecule has 0 saturated heterocycles. The topological polar surface area (TPSA) is 60.7 Å². The minimum atomic E-state index is -0.688. The molecule has 4 rings (SSSR count). The summed E-state index contributed by atoms with van der Waals surface area (Å²) in [5, 5.41) is 29.8. The highest BCUT2D eigenvalue weighted by Gasteiger charge is 2.57. The van der Waals surface area contributed by atoms with Crippen molar-refractivity contribution < 1.29 is 15.3 Å². The molecule has 24 heavy (non-hydrogen) atoms. The third kappa shape index (κ3) is 2.21. The van der Waals surface area contributed by atoms with Crippen LogP contribution in [-0.2, 0) is 0 Å². The maximum absolute atomic E-state index is 10.3. The van der Waals surface area contributed by atoms with Crippen LogP contribution in [-0.4, -0.2) is 34.1 Å². The lowest BCUT2D eigenvalue weighted by Crippen LogP contribution is -2.50. The van der Waals surface area contributed by atoms with Crippen LogP contribution < -0.4 is 0 Å². The van der Waals surface area contributed by atoms with E-state index in [-0.39, 0.29) is 23.5 Å². The number of hydrogen-bond acceptors (Lipinski definition) is 3. The molecule has 2 saturated carbocycles. The van der Waals surface area contributed by atoms with Gasteiger partial charge in [-0.3, -0.25) is 0 Å². The molecule has 2 fully saturated rings. The number of aliphatic hydroxyl groups excluding tert-OH is 3. The summed E-state index contributed by atoms with van der Waals surface area (Å²) in [5.41, 5.74) is 2.92. The monoisotopic (exact) mass is 332 g/mol. The van der Waals surface area contributed by atoms with Gasteiger partial charge in [-0.2, -0.15) is 0 Å². The van der Waals surface area contributed by atoms with Gasteiger partial charge in [-0.15, -0.1) is 0 Å². The number of aliphatic hydroxyl groups is 3. The zero-order chi connectivity index (χ0) is 17.1. The van der Waals surface area contributed by atoms with Crippen molar-refractivity contribution in [3.8, 4) is 0 Å². The highest BCUT2D eigenvalue weighted by molar-refractivity contribution is 5.31. The van der Waals surface area contributed by atoms with E-state index in [0.29, 0.717) is 17.8 Å². The minimum absolute atomic E-state index is 0.0548. The van der Waals surface area contributed by atoms with Gasteiger partial charge in [0.2, 0.25) is 0 Å². The first-order valence-electron chi connectivity index (χ1n) is 9.77. The van der Waals surface area contributed by atoms with Crippen molar-refractivity contribution in [2.75, 3.05) is 6.61 Å². The lowest BCUT2D eigenvalue weighted by molar-refractivity contribution is -0.0365. The Morgan fingerprint density at radius 3 is 2.58 bits per heavy atom. The summed E-state index contributed by atoms with van der Waals surface area (Å²) in [5.74, 6) is 1.98. The summed E-state index contributed by atoms with van der Waals surface area (Å²) in [7, 11) is 0. The van der Waals surface area contributed by atoms with Gasteiger partial charge in [-0.05, 0) is 79.1 Å². The zero-order valence-corrected chi connectivity index (χ0v) is 15.0. The third-order valence-electron chi connectivity index (χ3n) is 8.25. The van der Waals surface area contributed by atoms with Crippen LogP contribution in [0.5, 0.6) is 0 Å². The van der Waals surface area contributed by atoms with Gasteiger partial charge < -0.3 is 15.3 Å². The molecule has 3 heteroatoms. The second kappa shape index (κ2) is 5.69. The van der Waals surface area contributed by atoms with Crippen LogP contribution in [0.1, 0.15) is 58.8 Å². The first-order chi connectivity index (χ1) is 11.4. The van der Waals surface area contributed by atoms with Gasteiger partial charge in [0, 0.05) is 0 Å². The van der Waals surface area contributed by atoms with Crippen molar-refractivity contribution >= 4 is 0 Å². The van der Waals surface area contributed by atoms with E-state index in [2.05, 4.69) is 26.0 Å². The smallest absolute Gasteiger partial charge is 0.0986 e. The van der Waals surface area contributed by atoms with E-state index in [0.717, 1.165) is 44.1 Å². The predicted octanol–water partition coefficient (Wildman–Crippen LogP) is 3.20. The standard InChI is InChI=1S/C21H32O3/c1-20-9-7-14(23)11-13(20)3-4-15-16-5-6-18(19(24)12-22)21(16,2)10-8-17(15)20/h3,6,14-17,19,22-24H,4-5,7-12H2,1-2H3/t14-,15-,16-,17-,19+,20-,21-/m0/s1. The van der Waals surface area contributed by atoms with E-state index in [9.17, 15) is 15.3 Å². The molecule has 0 bridgehead atoms. The lowest BCUT2D eigenvalue weighted by Gasteiger charge is -2.58. The van der Waals surface area contributed by atoms with Crippen molar-refractivity contribution in [2.24, 2.45) is 28.6 Å². The summed E-state index contributed by atoms with van der Waals surface area (Å²) < 4.78 is 0. The van der Waals surface area contributed by atoms with Crippen molar-refractivity contribution in [2.45, 2.75) is 71.0 Å². The van der Waals surface area contributed by atoms with Gasteiger partial charge in [0.05, 0.1) is 18.8 Å². The van der Waals surface area contributed by atoms with Gasteiger partial charge >= 0.3 is 0 Å². The molecule has 0 aromatic carbocycles. The second-order valence-electron chi connectivity index (χ2n) is 9.21. The molecule has 0 unspecified atom stereocenters. The fourth-order valence-electron chi connectivity index (χ4n) is 6.86. The summed E-state index contributed by atoms with van der Waals surface area (Å²) >= 11 is 0. The Labute approximate surface area is 145 Å². The van der Waals surface area contributed by atoms with E-state index in [1.807, 2.05) is 0 Å². The van der Waals surface area contributed by atoms with Crippen LogP contribution in [0.15, 0.2) is 23.3 Å². The Hall–Kier alpha value is -0.640. The first kappa shape index (κ1) is 16.8. The fourth-order valence-corrected chi connectivity index (χ4v) is 6.86. The van der Waals surface area contributed by atoms with Gasteiger partial charge in [0.15, 0.2) is 0 Å². The molecule has 3 N–H and O–H groups in total. The molecule has 0 radical (unpaired) electrons. The van der Waals surface area contributed by atoms with E-state index in [1.165, 1.54) is 12.0 Å². The molecule has 0 heterocycles. The molecule has 4 aliphatic carbocycles. The van der Waals surface area contributed by atoms with Crippen LogP contribution in [0.25, 0.3) is 0 Å². The molecule has 7 atom stereocenters. The minimum Gasteiger partial charge on any atom is -0.393 e. The summed E-state index contributed by atoms with van der Waals surface area (Å²) in [6.07, 6.45) is 11.2. The van der Waals surface area contributed by atoms with Crippen LogP contribution >= 0.6 is 0 Å². The van der Waals surface area contributed by atoms with Gasteiger partial charge in [-0.25, -0.2) is 0 Å². The maximum atomic E-state index is 10.3. The summed E-state index contributed by atoms with van der Waals surface area (Å²) in [6, 6.07) is 0. The van der Waals surface area contributed by atoms with E-state index in [4.69, 9.17) is 0 Å². The Kier molecular flexibility index (Phi) is 3.98. The summed E-state index contributed by atoms with van der Waals surface area (Å²) in [4.78, 5) is 0. The molecule has 0 aliphatic heterocycles. The molecule has 0 aromatic heterocycles. The quantitative estimate of drug-likeness (QED) is 0.681. The van der Waals surface area contributed by atoms with Crippen LogP contribution in [0.2, 0.25) is 0 Å². The Morgan fingerprint density at radius 1 is 1.08 bits per heavy atom. The molecular weight excluding hydrogens is 300 g/mol. The first-order valence-corrected chi connectivity index (χ1v) is 9.77. The highest BCUT2D eigenvalue weighted by atomic mass is 16.3. The number of rotatable bonds is 2. The van der Waals surface area contributed by atoms with Gasteiger partial charge in [0.1, 0.15) is 0 Å². The Morgan fingerprint density at radius 2 is 1.83 bits per heavy atom. The van der Waals surface area contributed by atoms with Crippen LogP contribution in [0.4, 0.5) is 0 Å². The van der Waals surface area contributed by atoms with E-state index in [1.54, 1.807) is 0 Å². The van der Waals surface area contributed by atoms with Crippen molar-refractivity contribution in [1.82, 2.24) is 0 Å². The highest BCUT2D eigenvalue weighted by Crippen LogP contribution is 2.65. The van der Waals surface area contributed by atoms with Gasteiger partial charge in [0.25, 0.3) is 0 Å². The average Bonchev–Trinajstić information content (AvgIpc) is 2.92. The molecule has 3 nitrogen and oxygen atoms in total. The van der Waals surface area contributed by atoms with Crippen LogP contribution in [0, 0.1) is 28.6 Å². The zero-order valence-electron chi connectivity index (χ0n) is 15.0. The Bertz CT molecular complexity index is 580. The molecular formula is C21H32O3. The SMILES string of the molecule is C[C@]12CC[C@H](O)CC1=CC[C@@H]1[C@@H]2CC[C@]2(C)C([C@H](O)CO)=CC[C@@H]12. The number of hydrogen-bond donors (Lipinski definition) is 3. The predicted molar refractivity (Wildman–Crippen MR) is 94.3 cm³/mol. The number of fused-ring (bicyclic) bond motifs is 5. The normalized spacial score (nSPS) is 48.7. The number of allylic oxidation sites excluding steroid dienone is 2. The molecule has 0 spiro atoms. The van der Waals surface area contributed by atoms with Crippen molar-refractivity contribution in [1.29, 1.82) is 0 Å². The molecule has 4 aliphatic rings. The van der Waals surface area contributed by atoms with Crippen molar-refractivity contribution in [3.05, 3.63) is 23.3 Å². The van der Waals surface area contributed by atoms with Crippen LogP contribution in [0.3, 0.4) is 0 Å². The van der Waals surface area contributed by atoms with E-state index >= 15 is 0 Å². The van der Waals surface area contributed by atoms with E-state index < -0.39 is 6.10 Å². The lowest BCUT2D eigenvalue weighted by atomic mass is 9.47. The van der Waals surface area contributed by atoms with Crippen molar-refractivity contribution in [3.63, 3.8) is 0 Å². The molecule has 0 aromatic rings.